The molecule has 7 nitrogen and oxygen atoms in total. The smallest absolute Gasteiger partial charge is 0.294 e. The molecule has 2 aromatic rings. The Labute approximate surface area is 152 Å². The highest BCUT2D eigenvalue weighted by Crippen LogP contribution is 2.26. The Balaban J connectivity index is 1.75. The summed E-state index contributed by atoms with van der Waals surface area (Å²) >= 11 is 0. The van der Waals surface area contributed by atoms with Gasteiger partial charge in [0.2, 0.25) is 5.91 Å². The summed E-state index contributed by atoms with van der Waals surface area (Å²) < 4.78 is 1.84. The van der Waals surface area contributed by atoms with Crippen LogP contribution in [0.25, 0.3) is 0 Å². The number of hydrogen-bond acceptors (Lipinski definition) is 4. The first-order valence-corrected chi connectivity index (χ1v) is 8.66. The number of nitrogens with zero attached hydrogens (tertiary/aromatic N) is 3. The SMILES string of the molecule is CC(C)(C)c1ccccc1CC(=O)N1CCn2cc(C(=O)NO)nc2C1. The highest BCUT2D eigenvalue weighted by Gasteiger charge is 2.25. The Kier molecular flexibility index (Phi) is 4.82. The monoisotopic (exact) mass is 356 g/mol. The number of carbonyl (C=O) groups is 2. The van der Waals surface area contributed by atoms with Crippen molar-refractivity contribution in [2.24, 2.45) is 0 Å². The number of fused-ring (bicyclic) bond motifs is 1. The van der Waals surface area contributed by atoms with Crippen LogP contribution in [0.4, 0.5) is 0 Å². The van der Waals surface area contributed by atoms with Crippen LogP contribution in [-0.4, -0.2) is 38.0 Å². The molecule has 0 saturated heterocycles. The predicted octanol–water partition coefficient (Wildman–Crippen LogP) is 1.88. The largest absolute Gasteiger partial charge is 0.333 e. The molecule has 3 rings (SSSR count). The second kappa shape index (κ2) is 6.92. The van der Waals surface area contributed by atoms with E-state index in [0.29, 0.717) is 31.9 Å². The van der Waals surface area contributed by atoms with E-state index in [1.807, 2.05) is 22.8 Å². The van der Waals surface area contributed by atoms with Crippen LogP contribution in [0.5, 0.6) is 0 Å². The molecular formula is C19H24N4O3. The summed E-state index contributed by atoms with van der Waals surface area (Å²) in [7, 11) is 0. The van der Waals surface area contributed by atoms with Crippen LogP contribution in [-0.2, 0) is 29.7 Å². The number of carbonyl (C=O) groups excluding carboxylic acids is 2. The van der Waals surface area contributed by atoms with E-state index in [9.17, 15) is 9.59 Å². The highest BCUT2D eigenvalue weighted by atomic mass is 16.5. The number of hydrogen-bond donors (Lipinski definition) is 2. The van der Waals surface area contributed by atoms with E-state index in [2.05, 4.69) is 31.8 Å². The molecule has 7 heteroatoms. The van der Waals surface area contributed by atoms with Crippen molar-refractivity contribution in [3.8, 4) is 0 Å². The summed E-state index contributed by atoms with van der Waals surface area (Å²) in [6.45, 7) is 7.92. The summed E-state index contributed by atoms with van der Waals surface area (Å²) in [4.78, 5) is 30.3. The van der Waals surface area contributed by atoms with E-state index in [-0.39, 0.29) is 17.0 Å². The maximum atomic E-state index is 12.8. The standard InChI is InChI=1S/C19H24N4O3/c1-19(2,3)14-7-5-4-6-13(14)10-17(24)23-9-8-22-11-15(18(25)21-26)20-16(22)12-23/h4-7,11,26H,8-10,12H2,1-3H3,(H,21,25). The molecule has 2 N–H and O–H groups in total. The summed E-state index contributed by atoms with van der Waals surface area (Å²) in [6, 6.07) is 8.04. The zero-order valence-corrected chi connectivity index (χ0v) is 15.3. The Morgan fingerprint density at radius 1 is 1.23 bits per heavy atom. The number of aromatic nitrogens is 2. The lowest BCUT2D eigenvalue weighted by molar-refractivity contribution is -0.132. The summed E-state index contributed by atoms with van der Waals surface area (Å²) in [5.41, 5.74) is 3.92. The third kappa shape index (κ3) is 3.62. The Bertz CT molecular complexity index is 836. The van der Waals surface area contributed by atoms with Gasteiger partial charge in [-0.15, -0.1) is 0 Å². The summed E-state index contributed by atoms with van der Waals surface area (Å²) in [5.74, 6) is 0.0419. The minimum atomic E-state index is -0.649. The van der Waals surface area contributed by atoms with Crippen molar-refractivity contribution >= 4 is 11.8 Å². The molecule has 1 aromatic heterocycles. The third-order valence-electron chi connectivity index (χ3n) is 4.66. The minimum Gasteiger partial charge on any atom is -0.333 e. The first kappa shape index (κ1) is 18.1. The second-order valence-electron chi connectivity index (χ2n) is 7.58. The van der Waals surface area contributed by atoms with Gasteiger partial charge in [0.25, 0.3) is 5.91 Å². The van der Waals surface area contributed by atoms with Gasteiger partial charge in [0.1, 0.15) is 11.5 Å². The average molecular weight is 356 g/mol. The Morgan fingerprint density at radius 3 is 2.65 bits per heavy atom. The summed E-state index contributed by atoms with van der Waals surface area (Å²) in [6.07, 6.45) is 1.94. The number of imidazole rings is 1. The van der Waals surface area contributed by atoms with Crippen molar-refractivity contribution in [3.63, 3.8) is 0 Å². The van der Waals surface area contributed by atoms with Gasteiger partial charge in [-0.1, -0.05) is 45.0 Å². The normalized spacial score (nSPS) is 14.1. The van der Waals surface area contributed by atoms with Crippen LogP contribution >= 0.6 is 0 Å². The minimum absolute atomic E-state index is 0.0262. The van der Waals surface area contributed by atoms with E-state index >= 15 is 0 Å². The number of rotatable bonds is 3. The molecule has 0 atom stereocenters. The van der Waals surface area contributed by atoms with Crippen LogP contribution in [0.3, 0.4) is 0 Å². The first-order valence-electron chi connectivity index (χ1n) is 8.66. The average Bonchev–Trinajstić information content (AvgIpc) is 3.03. The van der Waals surface area contributed by atoms with Gasteiger partial charge in [-0.2, -0.15) is 0 Å². The fraction of sp³-hybridized carbons (Fsp3) is 0.421. The van der Waals surface area contributed by atoms with E-state index in [1.165, 1.54) is 5.56 Å². The van der Waals surface area contributed by atoms with Crippen LogP contribution in [0.1, 0.15) is 48.2 Å². The van der Waals surface area contributed by atoms with E-state index < -0.39 is 5.91 Å². The van der Waals surface area contributed by atoms with Gasteiger partial charge >= 0.3 is 0 Å². The van der Waals surface area contributed by atoms with Crippen LogP contribution in [0.15, 0.2) is 30.5 Å². The Morgan fingerprint density at radius 2 is 1.96 bits per heavy atom. The molecule has 0 bridgehead atoms. The molecule has 2 amide bonds. The third-order valence-corrected chi connectivity index (χ3v) is 4.66. The van der Waals surface area contributed by atoms with Crippen LogP contribution in [0.2, 0.25) is 0 Å². The molecule has 1 aliphatic rings. The predicted molar refractivity (Wildman–Crippen MR) is 95.7 cm³/mol. The molecule has 2 heterocycles. The number of amides is 2. The molecule has 0 unspecified atom stereocenters. The fourth-order valence-corrected chi connectivity index (χ4v) is 3.31. The molecule has 0 spiro atoms. The van der Waals surface area contributed by atoms with Gasteiger partial charge in [0.05, 0.1) is 13.0 Å². The lowest BCUT2D eigenvalue weighted by Crippen LogP contribution is -2.39. The van der Waals surface area contributed by atoms with Gasteiger partial charge in [-0.3, -0.25) is 14.8 Å². The van der Waals surface area contributed by atoms with Gasteiger partial charge in [0.15, 0.2) is 0 Å². The molecule has 138 valence electrons. The molecule has 0 fully saturated rings. The quantitative estimate of drug-likeness (QED) is 0.649. The molecule has 1 aromatic carbocycles. The molecular weight excluding hydrogens is 332 g/mol. The van der Waals surface area contributed by atoms with Crippen molar-refractivity contribution in [2.75, 3.05) is 6.54 Å². The number of nitrogens with one attached hydrogen (secondary N) is 1. The Hall–Kier alpha value is -2.67. The topological polar surface area (TPSA) is 87.5 Å². The lowest BCUT2D eigenvalue weighted by Gasteiger charge is -2.29. The fourth-order valence-electron chi connectivity index (χ4n) is 3.31. The van der Waals surface area contributed by atoms with Crippen molar-refractivity contribution in [1.82, 2.24) is 19.9 Å². The van der Waals surface area contributed by atoms with Crippen molar-refractivity contribution in [3.05, 3.63) is 53.1 Å². The van der Waals surface area contributed by atoms with E-state index in [0.717, 1.165) is 5.56 Å². The second-order valence-corrected chi connectivity index (χ2v) is 7.58. The summed E-state index contributed by atoms with van der Waals surface area (Å²) in [5, 5.41) is 8.73. The molecule has 1 aliphatic heterocycles. The maximum absolute atomic E-state index is 12.8. The van der Waals surface area contributed by atoms with Gasteiger partial charge in [0, 0.05) is 19.3 Å². The molecule has 0 aliphatic carbocycles. The van der Waals surface area contributed by atoms with Crippen molar-refractivity contribution in [2.45, 2.75) is 45.7 Å². The first-order chi connectivity index (χ1) is 12.3. The number of hydroxylamine groups is 1. The highest BCUT2D eigenvalue weighted by molar-refractivity contribution is 5.91. The number of benzene rings is 1. The maximum Gasteiger partial charge on any atom is 0.294 e. The van der Waals surface area contributed by atoms with E-state index in [4.69, 9.17) is 5.21 Å². The van der Waals surface area contributed by atoms with E-state index in [1.54, 1.807) is 16.6 Å². The van der Waals surface area contributed by atoms with Gasteiger partial charge in [-0.25, -0.2) is 10.5 Å². The zero-order chi connectivity index (χ0) is 18.9. The molecule has 0 saturated carbocycles. The van der Waals surface area contributed by atoms with Gasteiger partial charge in [-0.05, 0) is 16.5 Å². The van der Waals surface area contributed by atoms with Crippen LogP contribution in [0, 0.1) is 0 Å². The van der Waals surface area contributed by atoms with Crippen molar-refractivity contribution in [1.29, 1.82) is 0 Å². The molecule has 0 radical (unpaired) electrons. The van der Waals surface area contributed by atoms with Gasteiger partial charge < -0.3 is 9.47 Å². The van der Waals surface area contributed by atoms with Crippen molar-refractivity contribution < 1.29 is 14.8 Å². The van der Waals surface area contributed by atoms with Crippen LogP contribution < -0.4 is 5.48 Å². The molecule has 26 heavy (non-hydrogen) atoms. The lowest BCUT2D eigenvalue weighted by atomic mass is 9.83. The zero-order valence-electron chi connectivity index (χ0n) is 15.3.